The van der Waals surface area contributed by atoms with Crippen LogP contribution >= 0.6 is 11.6 Å². The number of halogens is 1. The van der Waals surface area contributed by atoms with Gasteiger partial charge >= 0.3 is 0 Å². The molecule has 0 aliphatic heterocycles. The molecule has 2 rings (SSSR count). The van der Waals surface area contributed by atoms with Crippen LogP contribution in [-0.4, -0.2) is 20.4 Å². The summed E-state index contributed by atoms with van der Waals surface area (Å²) < 4.78 is 27.0. The van der Waals surface area contributed by atoms with Crippen LogP contribution in [0.5, 0.6) is 0 Å². The molecule has 1 atom stereocenters. The molecular formula is C19H21ClN2O3S. The summed E-state index contributed by atoms with van der Waals surface area (Å²) >= 11 is 5.81. The molecule has 2 aromatic carbocycles. The monoisotopic (exact) mass is 392 g/mol. The van der Waals surface area contributed by atoms with Gasteiger partial charge in [0.05, 0.1) is 4.90 Å². The molecule has 26 heavy (non-hydrogen) atoms. The SMILES string of the molecule is CCC(C)NS(=O)(=O)c1ccc(NC(=O)/C=C/c2ccc(Cl)cc2)cc1. The zero-order chi connectivity index (χ0) is 19.2. The second-order valence-electron chi connectivity index (χ2n) is 5.83. The van der Waals surface area contributed by atoms with E-state index in [-0.39, 0.29) is 16.8 Å². The molecule has 1 amide bonds. The zero-order valence-electron chi connectivity index (χ0n) is 14.6. The second kappa shape index (κ2) is 8.98. The molecule has 0 bridgehead atoms. The molecule has 0 saturated carbocycles. The van der Waals surface area contributed by atoms with Crippen LogP contribution in [0.1, 0.15) is 25.8 Å². The maximum absolute atomic E-state index is 12.2. The molecule has 0 aliphatic rings. The Morgan fingerprint density at radius 1 is 1.12 bits per heavy atom. The van der Waals surface area contributed by atoms with Crippen LogP contribution in [0.3, 0.4) is 0 Å². The van der Waals surface area contributed by atoms with E-state index in [1.54, 1.807) is 49.4 Å². The van der Waals surface area contributed by atoms with Crippen LogP contribution in [0, 0.1) is 0 Å². The van der Waals surface area contributed by atoms with Gasteiger partial charge in [0, 0.05) is 22.8 Å². The van der Waals surface area contributed by atoms with Gasteiger partial charge in [-0.25, -0.2) is 13.1 Å². The van der Waals surface area contributed by atoms with Gasteiger partial charge in [0.15, 0.2) is 0 Å². The third kappa shape index (κ3) is 5.98. The van der Waals surface area contributed by atoms with Crippen molar-refractivity contribution in [1.29, 1.82) is 0 Å². The highest BCUT2D eigenvalue weighted by Crippen LogP contribution is 2.15. The molecule has 5 nitrogen and oxygen atoms in total. The van der Waals surface area contributed by atoms with Crippen molar-refractivity contribution >= 4 is 39.3 Å². The molecule has 7 heteroatoms. The first-order valence-electron chi connectivity index (χ1n) is 8.17. The number of benzene rings is 2. The summed E-state index contributed by atoms with van der Waals surface area (Å²) in [6, 6.07) is 13.0. The Hall–Kier alpha value is -2.15. The minimum atomic E-state index is -3.55. The largest absolute Gasteiger partial charge is 0.323 e. The van der Waals surface area contributed by atoms with Crippen LogP contribution in [0.4, 0.5) is 5.69 Å². The van der Waals surface area contributed by atoms with Gasteiger partial charge in [-0.05, 0) is 61.4 Å². The first-order chi connectivity index (χ1) is 12.3. The minimum absolute atomic E-state index is 0.141. The Morgan fingerprint density at radius 3 is 2.31 bits per heavy atom. The summed E-state index contributed by atoms with van der Waals surface area (Å²) in [6.45, 7) is 3.71. The maximum atomic E-state index is 12.2. The van der Waals surface area contributed by atoms with E-state index in [9.17, 15) is 13.2 Å². The maximum Gasteiger partial charge on any atom is 0.248 e. The van der Waals surface area contributed by atoms with Gasteiger partial charge in [-0.3, -0.25) is 4.79 Å². The number of carbonyl (C=O) groups excluding carboxylic acids is 1. The minimum Gasteiger partial charge on any atom is -0.323 e. The predicted octanol–water partition coefficient (Wildman–Crippen LogP) is 4.07. The highest BCUT2D eigenvalue weighted by molar-refractivity contribution is 7.89. The number of sulfonamides is 1. The highest BCUT2D eigenvalue weighted by Gasteiger charge is 2.16. The third-order valence-electron chi connectivity index (χ3n) is 3.70. The van der Waals surface area contributed by atoms with Gasteiger partial charge in [-0.2, -0.15) is 0 Å². The summed E-state index contributed by atoms with van der Waals surface area (Å²) in [5, 5.41) is 3.32. The molecule has 0 spiro atoms. The lowest BCUT2D eigenvalue weighted by Gasteiger charge is -2.12. The van der Waals surface area contributed by atoms with E-state index in [1.807, 2.05) is 6.92 Å². The number of hydrogen-bond acceptors (Lipinski definition) is 3. The average Bonchev–Trinajstić information content (AvgIpc) is 2.61. The summed E-state index contributed by atoms with van der Waals surface area (Å²) in [5.74, 6) is -0.312. The molecule has 138 valence electrons. The van der Waals surface area contributed by atoms with E-state index in [2.05, 4.69) is 10.0 Å². The molecule has 0 heterocycles. The topological polar surface area (TPSA) is 75.3 Å². The number of amides is 1. The molecular weight excluding hydrogens is 372 g/mol. The van der Waals surface area contributed by atoms with E-state index >= 15 is 0 Å². The standard InChI is InChI=1S/C19H21ClN2O3S/c1-3-14(2)22-26(24,25)18-11-9-17(10-12-18)21-19(23)13-6-15-4-7-16(20)8-5-15/h4-14,22H,3H2,1-2H3,(H,21,23)/b13-6+. The van der Waals surface area contributed by atoms with E-state index in [4.69, 9.17) is 11.6 Å². The van der Waals surface area contributed by atoms with Gasteiger partial charge in [0.25, 0.3) is 0 Å². The van der Waals surface area contributed by atoms with Gasteiger partial charge in [-0.1, -0.05) is 30.7 Å². The summed E-state index contributed by atoms with van der Waals surface area (Å²) in [7, 11) is -3.55. The van der Waals surface area contributed by atoms with Crippen molar-refractivity contribution in [3.8, 4) is 0 Å². The normalized spacial score (nSPS) is 12.9. The van der Waals surface area contributed by atoms with Crippen LogP contribution in [0.25, 0.3) is 6.08 Å². The fourth-order valence-electron chi connectivity index (χ4n) is 2.06. The Labute approximate surface area is 159 Å². The van der Waals surface area contributed by atoms with Gasteiger partial charge in [0.1, 0.15) is 0 Å². The fourth-order valence-corrected chi connectivity index (χ4v) is 3.52. The van der Waals surface area contributed by atoms with Crippen molar-refractivity contribution < 1.29 is 13.2 Å². The Morgan fingerprint density at radius 2 is 1.73 bits per heavy atom. The quantitative estimate of drug-likeness (QED) is 0.697. The first kappa shape index (κ1) is 20.2. The van der Waals surface area contributed by atoms with Crippen molar-refractivity contribution in [2.24, 2.45) is 0 Å². The number of nitrogens with one attached hydrogen (secondary N) is 2. The van der Waals surface area contributed by atoms with Gasteiger partial charge < -0.3 is 5.32 Å². The smallest absolute Gasteiger partial charge is 0.248 e. The Bertz CT molecular complexity index is 876. The number of anilines is 1. The fraction of sp³-hybridized carbons (Fsp3) is 0.211. The van der Waals surface area contributed by atoms with Crippen molar-refractivity contribution in [2.75, 3.05) is 5.32 Å². The molecule has 0 aromatic heterocycles. The molecule has 0 saturated heterocycles. The van der Waals surface area contributed by atoms with E-state index < -0.39 is 10.0 Å². The van der Waals surface area contributed by atoms with Crippen LogP contribution in [0.2, 0.25) is 5.02 Å². The number of rotatable bonds is 7. The van der Waals surface area contributed by atoms with Crippen molar-refractivity contribution in [1.82, 2.24) is 4.72 Å². The Balaban J connectivity index is 2.00. The Kier molecular flexibility index (Phi) is 6.97. The van der Waals surface area contributed by atoms with Crippen LogP contribution in [0.15, 0.2) is 59.5 Å². The number of carbonyl (C=O) groups is 1. The average molecular weight is 393 g/mol. The van der Waals surface area contributed by atoms with Crippen molar-refractivity contribution in [2.45, 2.75) is 31.2 Å². The molecule has 1 unspecified atom stereocenters. The molecule has 2 aromatic rings. The lowest BCUT2D eigenvalue weighted by molar-refractivity contribution is -0.111. The first-order valence-corrected chi connectivity index (χ1v) is 10.0. The van der Waals surface area contributed by atoms with Crippen molar-refractivity contribution in [3.05, 3.63) is 65.2 Å². The zero-order valence-corrected chi connectivity index (χ0v) is 16.1. The number of hydrogen-bond donors (Lipinski definition) is 2. The van der Waals surface area contributed by atoms with Crippen LogP contribution in [-0.2, 0) is 14.8 Å². The van der Waals surface area contributed by atoms with E-state index in [1.165, 1.54) is 18.2 Å². The summed E-state index contributed by atoms with van der Waals surface area (Å²) in [4.78, 5) is 12.1. The molecule has 2 N–H and O–H groups in total. The lowest BCUT2D eigenvalue weighted by atomic mass is 10.2. The van der Waals surface area contributed by atoms with Gasteiger partial charge in [0.2, 0.25) is 15.9 Å². The molecule has 0 radical (unpaired) electrons. The molecule has 0 fully saturated rings. The lowest BCUT2D eigenvalue weighted by Crippen LogP contribution is -2.31. The third-order valence-corrected chi connectivity index (χ3v) is 5.56. The highest BCUT2D eigenvalue weighted by atomic mass is 35.5. The summed E-state index contributed by atoms with van der Waals surface area (Å²) in [5.41, 5.74) is 1.36. The van der Waals surface area contributed by atoms with E-state index in [0.717, 1.165) is 5.56 Å². The van der Waals surface area contributed by atoms with Crippen molar-refractivity contribution in [3.63, 3.8) is 0 Å². The second-order valence-corrected chi connectivity index (χ2v) is 7.98. The summed E-state index contributed by atoms with van der Waals surface area (Å²) in [6.07, 6.45) is 3.77. The van der Waals surface area contributed by atoms with Crippen LogP contribution < -0.4 is 10.0 Å². The van der Waals surface area contributed by atoms with E-state index in [0.29, 0.717) is 17.1 Å². The van der Waals surface area contributed by atoms with Gasteiger partial charge in [-0.15, -0.1) is 0 Å². The predicted molar refractivity (Wildman–Crippen MR) is 106 cm³/mol. The molecule has 0 aliphatic carbocycles.